The zero-order chi connectivity index (χ0) is 10.6. The molecule has 14 heavy (non-hydrogen) atoms. The van der Waals surface area contributed by atoms with Crippen LogP contribution in [0.25, 0.3) is 0 Å². The largest absolute Gasteiger partial charge is 0.492 e. The molecule has 0 spiro atoms. The number of nitriles is 2. The predicted molar refractivity (Wildman–Crippen MR) is 47.0 cm³/mol. The van der Waals surface area contributed by atoms with E-state index in [-0.39, 0.29) is 17.7 Å². The summed E-state index contributed by atoms with van der Waals surface area (Å²) in [5.74, 6) is -0.689. The van der Waals surface area contributed by atoms with E-state index in [9.17, 15) is 4.39 Å². The van der Waals surface area contributed by atoms with E-state index in [1.807, 2.05) is 12.1 Å². The van der Waals surface area contributed by atoms with Gasteiger partial charge in [0.05, 0.1) is 19.6 Å². The molecule has 0 fully saturated rings. The van der Waals surface area contributed by atoms with Crippen molar-refractivity contribution in [1.29, 1.82) is 10.5 Å². The van der Waals surface area contributed by atoms with Crippen molar-refractivity contribution in [2.75, 3.05) is 7.11 Å². The fraction of sp³-hybridized carbons (Fsp3) is 0.200. The number of hydrogen-bond donors (Lipinski definition) is 0. The topological polar surface area (TPSA) is 56.8 Å². The predicted octanol–water partition coefficient (Wildman–Crippen LogP) is 1.77. The Morgan fingerprint density at radius 3 is 2.64 bits per heavy atom. The number of halogens is 1. The normalized spacial score (nSPS) is 8.86. The summed E-state index contributed by atoms with van der Waals surface area (Å²) in [5.41, 5.74) is 0.572. The van der Waals surface area contributed by atoms with Crippen LogP contribution in [-0.4, -0.2) is 7.11 Å². The average molecular weight is 190 g/mol. The van der Waals surface area contributed by atoms with Gasteiger partial charge >= 0.3 is 0 Å². The first-order valence-electron chi connectivity index (χ1n) is 3.87. The van der Waals surface area contributed by atoms with Crippen LogP contribution >= 0.6 is 0 Å². The summed E-state index contributed by atoms with van der Waals surface area (Å²) in [6.45, 7) is 0. The second kappa shape index (κ2) is 4.25. The van der Waals surface area contributed by atoms with E-state index in [4.69, 9.17) is 15.3 Å². The molecule has 70 valence electrons. The maximum Gasteiger partial charge on any atom is 0.172 e. The van der Waals surface area contributed by atoms with Crippen molar-refractivity contribution in [2.45, 2.75) is 6.42 Å². The lowest BCUT2D eigenvalue weighted by Crippen LogP contribution is -1.97. The van der Waals surface area contributed by atoms with Gasteiger partial charge in [-0.25, -0.2) is 4.39 Å². The van der Waals surface area contributed by atoms with Gasteiger partial charge in [-0.3, -0.25) is 0 Å². The van der Waals surface area contributed by atoms with Gasteiger partial charge in [0.25, 0.3) is 0 Å². The number of benzene rings is 1. The molecule has 1 aromatic rings. The van der Waals surface area contributed by atoms with Gasteiger partial charge in [-0.1, -0.05) is 6.07 Å². The van der Waals surface area contributed by atoms with Crippen LogP contribution in [-0.2, 0) is 6.42 Å². The molecule has 0 N–H and O–H groups in total. The Morgan fingerprint density at radius 2 is 2.14 bits per heavy atom. The summed E-state index contributed by atoms with van der Waals surface area (Å²) in [6, 6.07) is 6.33. The lowest BCUT2D eigenvalue weighted by Gasteiger charge is -2.06. The molecule has 0 aromatic heterocycles. The molecule has 0 radical (unpaired) electrons. The van der Waals surface area contributed by atoms with Crippen LogP contribution in [0.2, 0.25) is 0 Å². The molecule has 0 saturated heterocycles. The van der Waals surface area contributed by atoms with Crippen molar-refractivity contribution < 1.29 is 9.13 Å². The fourth-order valence-electron chi connectivity index (χ4n) is 1.15. The summed E-state index contributed by atoms with van der Waals surface area (Å²) in [6.07, 6.45) is 0.0690. The molecular formula is C10H7FN2O. The minimum absolute atomic E-state index is 0.0690. The molecule has 0 heterocycles. The van der Waals surface area contributed by atoms with Crippen LogP contribution in [0.15, 0.2) is 12.1 Å². The van der Waals surface area contributed by atoms with Crippen molar-refractivity contribution >= 4 is 0 Å². The maximum atomic E-state index is 13.1. The van der Waals surface area contributed by atoms with Gasteiger partial charge in [0.2, 0.25) is 0 Å². The second-order valence-electron chi connectivity index (χ2n) is 2.56. The number of methoxy groups -OCH3 is 1. The molecule has 0 unspecified atom stereocenters. The van der Waals surface area contributed by atoms with Crippen LogP contribution in [0.4, 0.5) is 4.39 Å². The Morgan fingerprint density at radius 1 is 1.43 bits per heavy atom. The Balaban J connectivity index is 3.36. The van der Waals surface area contributed by atoms with Gasteiger partial charge < -0.3 is 4.74 Å². The molecule has 3 nitrogen and oxygen atoms in total. The van der Waals surface area contributed by atoms with E-state index in [2.05, 4.69) is 0 Å². The Bertz CT molecular complexity index is 429. The van der Waals surface area contributed by atoms with E-state index >= 15 is 0 Å². The van der Waals surface area contributed by atoms with Crippen LogP contribution in [0.5, 0.6) is 5.75 Å². The number of rotatable bonds is 2. The Labute approximate surface area is 81.0 Å². The Kier molecular flexibility index (Phi) is 3.04. The van der Waals surface area contributed by atoms with Crippen molar-refractivity contribution in [3.63, 3.8) is 0 Å². The van der Waals surface area contributed by atoms with Crippen molar-refractivity contribution in [2.24, 2.45) is 0 Å². The second-order valence-corrected chi connectivity index (χ2v) is 2.56. The van der Waals surface area contributed by atoms with Crippen molar-refractivity contribution in [1.82, 2.24) is 0 Å². The first kappa shape index (κ1) is 10.0. The van der Waals surface area contributed by atoms with Gasteiger partial charge in [0.15, 0.2) is 11.6 Å². The fourth-order valence-corrected chi connectivity index (χ4v) is 1.15. The lowest BCUT2D eigenvalue weighted by molar-refractivity contribution is 0.384. The highest BCUT2D eigenvalue weighted by molar-refractivity contribution is 5.50. The average Bonchev–Trinajstić information content (AvgIpc) is 2.20. The molecule has 1 aromatic carbocycles. The number of ether oxygens (including phenoxy) is 1. The first-order chi connectivity index (χ1) is 6.74. The van der Waals surface area contributed by atoms with E-state index in [1.54, 1.807) is 0 Å². The van der Waals surface area contributed by atoms with E-state index in [0.717, 1.165) is 0 Å². The van der Waals surface area contributed by atoms with Gasteiger partial charge in [-0.15, -0.1) is 0 Å². The van der Waals surface area contributed by atoms with E-state index in [0.29, 0.717) is 5.56 Å². The molecule has 4 heteroatoms. The first-order valence-corrected chi connectivity index (χ1v) is 3.87. The van der Waals surface area contributed by atoms with Gasteiger partial charge in [-0.05, 0) is 11.6 Å². The molecule has 0 aliphatic rings. The third-order valence-electron chi connectivity index (χ3n) is 1.78. The molecule has 0 saturated carbocycles. The van der Waals surface area contributed by atoms with Gasteiger partial charge in [0.1, 0.15) is 11.6 Å². The highest BCUT2D eigenvalue weighted by Crippen LogP contribution is 2.25. The highest BCUT2D eigenvalue weighted by Gasteiger charge is 2.13. The number of nitrogens with zero attached hydrogens (tertiary/aromatic N) is 2. The van der Waals surface area contributed by atoms with Crippen LogP contribution < -0.4 is 4.74 Å². The van der Waals surface area contributed by atoms with E-state index in [1.165, 1.54) is 19.2 Å². The van der Waals surface area contributed by atoms with Crippen molar-refractivity contribution in [3.8, 4) is 17.9 Å². The molecular weight excluding hydrogens is 183 g/mol. The SMILES string of the molecule is COc1c(F)ccc(CC#N)c1C#N. The van der Waals surface area contributed by atoms with Crippen LogP contribution in [0.3, 0.4) is 0 Å². The summed E-state index contributed by atoms with van der Waals surface area (Å²) in [7, 11) is 1.29. The lowest BCUT2D eigenvalue weighted by atomic mass is 10.0. The monoisotopic (exact) mass is 190 g/mol. The zero-order valence-corrected chi connectivity index (χ0v) is 7.54. The molecule has 0 bridgehead atoms. The van der Waals surface area contributed by atoms with E-state index < -0.39 is 5.82 Å². The third kappa shape index (κ3) is 1.65. The summed E-state index contributed by atoms with van der Waals surface area (Å²) in [4.78, 5) is 0. The molecule has 0 aliphatic heterocycles. The standard InChI is InChI=1S/C10H7FN2O/c1-14-10-8(6-13)7(4-5-12)2-3-9(10)11/h2-3H,4H2,1H3. The molecule has 1 rings (SSSR count). The van der Waals surface area contributed by atoms with Gasteiger partial charge in [0, 0.05) is 0 Å². The van der Waals surface area contributed by atoms with Gasteiger partial charge in [-0.2, -0.15) is 10.5 Å². The number of hydrogen-bond acceptors (Lipinski definition) is 3. The quantitative estimate of drug-likeness (QED) is 0.714. The zero-order valence-electron chi connectivity index (χ0n) is 7.54. The maximum absolute atomic E-state index is 13.1. The minimum atomic E-state index is -0.592. The molecule has 0 amide bonds. The summed E-state index contributed by atoms with van der Waals surface area (Å²) in [5, 5.41) is 17.3. The smallest absolute Gasteiger partial charge is 0.172 e. The van der Waals surface area contributed by atoms with Crippen LogP contribution in [0.1, 0.15) is 11.1 Å². The Hall–Kier alpha value is -2.07. The van der Waals surface area contributed by atoms with Crippen molar-refractivity contribution in [3.05, 3.63) is 29.1 Å². The molecule has 0 aliphatic carbocycles. The van der Waals surface area contributed by atoms with Crippen LogP contribution in [0, 0.1) is 28.5 Å². The highest BCUT2D eigenvalue weighted by atomic mass is 19.1. The third-order valence-corrected chi connectivity index (χ3v) is 1.78. The summed E-state index contributed by atoms with van der Waals surface area (Å²) < 4.78 is 17.8. The molecule has 0 atom stereocenters. The summed E-state index contributed by atoms with van der Waals surface area (Å²) >= 11 is 0. The minimum Gasteiger partial charge on any atom is -0.492 e.